The third-order valence-corrected chi connectivity index (χ3v) is 3.61. The number of rotatable bonds is 4. The molecular formula is C15H20F2N2O. The molecule has 1 aromatic rings. The fourth-order valence-corrected chi connectivity index (χ4v) is 2.51. The topological polar surface area (TPSA) is 41.1 Å². The number of anilines is 1. The van der Waals surface area contributed by atoms with E-state index in [1.54, 1.807) is 0 Å². The standard InChI is InChI=1S/C15H20F2N2O/c16-11-7-8-14(13(17)9-11)19-15(20)10-18-12-5-3-1-2-4-6-12/h7-9,12,18H,1-6,10H2,(H,19,20). The summed E-state index contributed by atoms with van der Waals surface area (Å²) < 4.78 is 26.1. The van der Waals surface area contributed by atoms with Crippen LogP contribution in [0.2, 0.25) is 0 Å². The SMILES string of the molecule is O=C(CNC1CCCCCC1)Nc1ccc(F)cc1F. The van der Waals surface area contributed by atoms with Gasteiger partial charge in [-0.1, -0.05) is 25.7 Å². The van der Waals surface area contributed by atoms with Crippen LogP contribution >= 0.6 is 0 Å². The van der Waals surface area contributed by atoms with Crippen molar-refractivity contribution >= 4 is 11.6 Å². The number of hydrogen-bond acceptors (Lipinski definition) is 2. The van der Waals surface area contributed by atoms with Crippen LogP contribution in [-0.2, 0) is 4.79 Å². The van der Waals surface area contributed by atoms with Gasteiger partial charge < -0.3 is 10.6 Å². The van der Waals surface area contributed by atoms with Crippen LogP contribution in [0.3, 0.4) is 0 Å². The summed E-state index contributed by atoms with van der Waals surface area (Å²) in [6.45, 7) is 0.154. The van der Waals surface area contributed by atoms with Gasteiger partial charge in [0.2, 0.25) is 5.91 Å². The molecule has 0 unspecified atom stereocenters. The maximum atomic E-state index is 13.4. The molecule has 1 fully saturated rings. The number of carbonyl (C=O) groups excluding carboxylic acids is 1. The third kappa shape index (κ3) is 4.56. The van der Waals surface area contributed by atoms with E-state index in [2.05, 4.69) is 10.6 Å². The Balaban J connectivity index is 1.79. The second kappa shape index (κ2) is 7.33. The second-order valence-corrected chi connectivity index (χ2v) is 5.24. The molecule has 2 N–H and O–H groups in total. The van der Waals surface area contributed by atoms with Crippen LogP contribution in [0.4, 0.5) is 14.5 Å². The zero-order valence-electron chi connectivity index (χ0n) is 11.4. The first-order chi connectivity index (χ1) is 9.65. The van der Waals surface area contributed by atoms with E-state index in [0.717, 1.165) is 25.0 Å². The van der Waals surface area contributed by atoms with Crippen molar-refractivity contribution in [1.82, 2.24) is 5.32 Å². The molecule has 5 heteroatoms. The van der Waals surface area contributed by atoms with Gasteiger partial charge in [-0.2, -0.15) is 0 Å². The summed E-state index contributed by atoms with van der Waals surface area (Å²) in [5, 5.41) is 5.65. The van der Waals surface area contributed by atoms with Gasteiger partial charge in [0, 0.05) is 12.1 Å². The molecule has 1 saturated carbocycles. The molecule has 0 saturated heterocycles. The molecule has 110 valence electrons. The van der Waals surface area contributed by atoms with Gasteiger partial charge in [0.25, 0.3) is 0 Å². The van der Waals surface area contributed by atoms with Gasteiger partial charge in [0.1, 0.15) is 11.6 Å². The van der Waals surface area contributed by atoms with Crippen LogP contribution < -0.4 is 10.6 Å². The number of nitrogens with one attached hydrogen (secondary N) is 2. The lowest BCUT2D eigenvalue weighted by molar-refractivity contribution is -0.115. The molecule has 0 heterocycles. The summed E-state index contributed by atoms with van der Waals surface area (Å²) in [5.41, 5.74) is 0.0130. The Labute approximate surface area is 117 Å². The van der Waals surface area contributed by atoms with Crippen molar-refractivity contribution in [2.24, 2.45) is 0 Å². The summed E-state index contributed by atoms with van der Waals surface area (Å²) >= 11 is 0. The Kier molecular flexibility index (Phi) is 5.47. The van der Waals surface area contributed by atoms with Crippen molar-refractivity contribution in [2.75, 3.05) is 11.9 Å². The van der Waals surface area contributed by atoms with E-state index >= 15 is 0 Å². The van der Waals surface area contributed by atoms with Crippen molar-refractivity contribution in [1.29, 1.82) is 0 Å². The molecule has 1 aromatic carbocycles. The van der Waals surface area contributed by atoms with Crippen LogP contribution in [0.1, 0.15) is 38.5 Å². The van der Waals surface area contributed by atoms with E-state index in [1.807, 2.05) is 0 Å². The summed E-state index contributed by atoms with van der Waals surface area (Å²) in [5.74, 6) is -1.72. The highest BCUT2D eigenvalue weighted by Gasteiger charge is 2.13. The number of amides is 1. The number of hydrogen-bond donors (Lipinski definition) is 2. The molecule has 0 bridgehead atoms. The first-order valence-corrected chi connectivity index (χ1v) is 7.13. The molecule has 3 nitrogen and oxygen atoms in total. The fraction of sp³-hybridized carbons (Fsp3) is 0.533. The maximum absolute atomic E-state index is 13.4. The lowest BCUT2D eigenvalue weighted by Gasteiger charge is -2.16. The van der Waals surface area contributed by atoms with Gasteiger partial charge in [0.05, 0.1) is 12.2 Å². The van der Waals surface area contributed by atoms with E-state index in [4.69, 9.17) is 0 Å². The minimum absolute atomic E-state index is 0.0130. The molecular weight excluding hydrogens is 262 g/mol. The molecule has 2 rings (SSSR count). The van der Waals surface area contributed by atoms with E-state index in [0.29, 0.717) is 6.04 Å². The first-order valence-electron chi connectivity index (χ1n) is 7.13. The Hall–Kier alpha value is -1.49. The van der Waals surface area contributed by atoms with Crippen LogP contribution in [0, 0.1) is 11.6 Å². The van der Waals surface area contributed by atoms with E-state index < -0.39 is 11.6 Å². The lowest BCUT2D eigenvalue weighted by atomic mass is 10.1. The number of halogens is 2. The van der Waals surface area contributed by atoms with Crippen molar-refractivity contribution in [2.45, 2.75) is 44.6 Å². The molecule has 0 aromatic heterocycles. The highest BCUT2D eigenvalue weighted by molar-refractivity contribution is 5.92. The fourth-order valence-electron chi connectivity index (χ4n) is 2.51. The average Bonchev–Trinajstić information content (AvgIpc) is 2.68. The van der Waals surface area contributed by atoms with Gasteiger partial charge in [-0.15, -0.1) is 0 Å². The predicted octanol–water partition coefficient (Wildman–Crippen LogP) is 3.22. The van der Waals surface area contributed by atoms with E-state index in [9.17, 15) is 13.6 Å². The minimum atomic E-state index is -0.757. The van der Waals surface area contributed by atoms with Crippen molar-refractivity contribution in [3.63, 3.8) is 0 Å². The Morgan fingerprint density at radius 3 is 2.50 bits per heavy atom. The molecule has 0 spiro atoms. The smallest absolute Gasteiger partial charge is 0.238 e. The van der Waals surface area contributed by atoms with Crippen molar-refractivity contribution in [3.05, 3.63) is 29.8 Å². The van der Waals surface area contributed by atoms with Gasteiger partial charge in [0.15, 0.2) is 0 Å². The lowest BCUT2D eigenvalue weighted by Crippen LogP contribution is -2.36. The van der Waals surface area contributed by atoms with Crippen molar-refractivity contribution in [3.8, 4) is 0 Å². The van der Waals surface area contributed by atoms with Gasteiger partial charge in [-0.05, 0) is 25.0 Å². The molecule has 0 atom stereocenters. The summed E-state index contributed by atoms with van der Waals surface area (Å²) in [7, 11) is 0. The summed E-state index contributed by atoms with van der Waals surface area (Å²) in [4.78, 5) is 11.7. The summed E-state index contributed by atoms with van der Waals surface area (Å²) in [6, 6.07) is 3.47. The highest BCUT2D eigenvalue weighted by Crippen LogP contribution is 2.17. The summed E-state index contributed by atoms with van der Waals surface area (Å²) in [6.07, 6.45) is 7.05. The molecule has 1 amide bonds. The maximum Gasteiger partial charge on any atom is 0.238 e. The average molecular weight is 282 g/mol. The number of carbonyl (C=O) groups is 1. The van der Waals surface area contributed by atoms with Gasteiger partial charge >= 0.3 is 0 Å². The molecule has 1 aliphatic rings. The van der Waals surface area contributed by atoms with Crippen LogP contribution in [0.25, 0.3) is 0 Å². The van der Waals surface area contributed by atoms with Gasteiger partial charge in [-0.3, -0.25) is 4.79 Å². The molecule has 0 aliphatic heterocycles. The van der Waals surface area contributed by atoms with Crippen LogP contribution in [0.15, 0.2) is 18.2 Å². The Morgan fingerprint density at radius 2 is 1.85 bits per heavy atom. The Morgan fingerprint density at radius 1 is 1.15 bits per heavy atom. The van der Waals surface area contributed by atoms with Crippen LogP contribution in [-0.4, -0.2) is 18.5 Å². The third-order valence-electron chi connectivity index (χ3n) is 3.61. The molecule has 0 radical (unpaired) electrons. The van der Waals surface area contributed by atoms with Crippen LogP contribution in [0.5, 0.6) is 0 Å². The molecule has 1 aliphatic carbocycles. The van der Waals surface area contributed by atoms with Gasteiger partial charge in [-0.25, -0.2) is 8.78 Å². The largest absolute Gasteiger partial charge is 0.322 e. The minimum Gasteiger partial charge on any atom is -0.322 e. The zero-order valence-corrected chi connectivity index (χ0v) is 11.4. The van der Waals surface area contributed by atoms with Crippen molar-refractivity contribution < 1.29 is 13.6 Å². The monoisotopic (exact) mass is 282 g/mol. The second-order valence-electron chi connectivity index (χ2n) is 5.24. The quantitative estimate of drug-likeness (QED) is 0.833. The number of benzene rings is 1. The zero-order chi connectivity index (χ0) is 14.4. The first kappa shape index (κ1) is 14.9. The van der Waals surface area contributed by atoms with E-state index in [-0.39, 0.29) is 18.1 Å². The molecule has 20 heavy (non-hydrogen) atoms. The Bertz CT molecular complexity index is 457. The van der Waals surface area contributed by atoms with E-state index in [1.165, 1.54) is 31.7 Å². The predicted molar refractivity (Wildman–Crippen MR) is 74.5 cm³/mol. The normalized spacial score (nSPS) is 16.7. The highest BCUT2D eigenvalue weighted by atomic mass is 19.1.